The number of aliphatic imine (C=N–C) groups is 2. The van der Waals surface area contributed by atoms with Crippen LogP contribution in [0.25, 0.3) is 11.1 Å². The molecule has 2 aromatic carbocycles. The van der Waals surface area contributed by atoms with E-state index < -0.39 is 0 Å². The highest BCUT2D eigenvalue weighted by atomic mass is 14.9. The Bertz CT molecular complexity index is 754. The number of nitrogens with zero attached hydrogens (tertiary/aromatic N) is 2. The molecule has 0 spiro atoms. The van der Waals surface area contributed by atoms with E-state index in [0.29, 0.717) is 12.1 Å². The van der Waals surface area contributed by atoms with Gasteiger partial charge in [-0.05, 0) is 54.4 Å². The van der Waals surface area contributed by atoms with Crippen LogP contribution in [-0.4, -0.2) is 18.1 Å². The lowest BCUT2D eigenvalue weighted by Crippen LogP contribution is -2.10. The summed E-state index contributed by atoms with van der Waals surface area (Å²) in [4.78, 5) is 8.92. The van der Waals surface area contributed by atoms with Crippen molar-refractivity contribution in [1.82, 2.24) is 0 Å². The van der Waals surface area contributed by atoms with Gasteiger partial charge in [0.15, 0.2) is 0 Å². The van der Waals surface area contributed by atoms with Crippen molar-refractivity contribution in [2.45, 2.75) is 82.7 Å². The van der Waals surface area contributed by atoms with Crippen LogP contribution < -0.4 is 0 Å². The maximum atomic E-state index is 4.46. The molecule has 0 radical (unpaired) electrons. The first-order valence-electron chi connectivity index (χ1n) is 11.2. The van der Waals surface area contributed by atoms with Crippen LogP contribution >= 0.6 is 0 Å². The van der Waals surface area contributed by atoms with Gasteiger partial charge in [0.1, 0.15) is 0 Å². The first-order valence-corrected chi connectivity index (χ1v) is 11.2. The van der Waals surface area contributed by atoms with Crippen molar-refractivity contribution in [2.75, 3.05) is 0 Å². The van der Waals surface area contributed by atoms with Gasteiger partial charge in [-0.25, -0.2) is 9.98 Å². The van der Waals surface area contributed by atoms with Crippen molar-refractivity contribution < 1.29 is 0 Å². The van der Waals surface area contributed by atoms with Crippen molar-refractivity contribution in [3.63, 3.8) is 0 Å². The van der Waals surface area contributed by atoms with Gasteiger partial charge < -0.3 is 0 Å². The molecule has 2 fully saturated rings. The van der Waals surface area contributed by atoms with E-state index in [1.807, 2.05) is 0 Å². The Morgan fingerprint density at radius 2 is 1.00 bits per heavy atom. The molecule has 0 heterocycles. The Balaban J connectivity index is 0.000000138. The molecule has 0 unspecified atom stereocenters. The third-order valence-corrected chi connectivity index (χ3v) is 6.34. The van der Waals surface area contributed by atoms with Gasteiger partial charge in [-0.3, -0.25) is 0 Å². The molecule has 2 saturated carbocycles. The lowest BCUT2D eigenvalue weighted by Gasteiger charge is -2.17. The minimum Gasteiger partial charge on any atom is -0.222 e. The van der Waals surface area contributed by atoms with Gasteiger partial charge in [-0.1, -0.05) is 87.1 Å². The Labute approximate surface area is 169 Å². The molecule has 0 bridgehead atoms. The Morgan fingerprint density at radius 3 is 1.46 bits per heavy atom. The van der Waals surface area contributed by atoms with Gasteiger partial charge in [0.25, 0.3) is 0 Å². The van der Waals surface area contributed by atoms with E-state index in [1.54, 1.807) is 0 Å². The number of fused-ring (bicyclic) bond motifs is 3. The lowest BCUT2D eigenvalue weighted by atomic mass is 9.96. The van der Waals surface area contributed by atoms with E-state index in [0.717, 1.165) is 6.42 Å². The average molecular weight is 373 g/mol. The van der Waals surface area contributed by atoms with Crippen LogP contribution in [-0.2, 0) is 6.42 Å². The standard InChI is InChI=1S/C13H22N2.C13H10/c1-3-7-12(8-4-1)14-11-15-13-9-5-2-6-10-13;1-3-7-12-10(5-1)9-11-6-2-4-8-13(11)12/h12-13H,1-10H2;1-8H,9H2. The van der Waals surface area contributed by atoms with Crippen LogP contribution in [0.5, 0.6) is 0 Å². The molecule has 2 aromatic rings. The average Bonchev–Trinajstić information content (AvgIpc) is 3.15. The summed E-state index contributed by atoms with van der Waals surface area (Å²) in [6.45, 7) is 0. The highest BCUT2D eigenvalue weighted by Gasteiger charge is 2.16. The van der Waals surface area contributed by atoms with Crippen LogP contribution in [0.15, 0.2) is 58.5 Å². The summed E-state index contributed by atoms with van der Waals surface area (Å²) in [6.07, 6.45) is 14.3. The molecule has 2 nitrogen and oxygen atoms in total. The van der Waals surface area contributed by atoms with Crippen molar-refractivity contribution in [3.8, 4) is 11.1 Å². The fourth-order valence-electron chi connectivity index (χ4n) is 4.70. The fraction of sp³-hybridized carbons (Fsp3) is 0.500. The van der Waals surface area contributed by atoms with E-state index in [-0.39, 0.29) is 0 Å². The normalized spacial score (nSPS) is 18.9. The predicted octanol–water partition coefficient (Wildman–Crippen LogP) is 7.08. The summed E-state index contributed by atoms with van der Waals surface area (Å²) in [5.41, 5.74) is 5.75. The second kappa shape index (κ2) is 9.85. The van der Waals surface area contributed by atoms with E-state index in [2.05, 4.69) is 64.5 Å². The van der Waals surface area contributed by atoms with E-state index >= 15 is 0 Å². The molecule has 0 saturated heterocycles. The van der Waals surface area contributed by atoms with Crippen molar-refractivity contribution in [1.29, 1.82) is 0 Å². The number of rotatable bonds is 2. The molecule has 3 aliphatic carbocycles. The lowest BCUT2D eigenvalue weighted by molar-refractivity contribution is 0.438. The van der Waals surface area contributed by atoms with Crippen LogP contribution in [0.1, 0.15) is 75.3 Å². The van der Waals surface area contributed by atoms with Crippen LogP contribution in [0, 0.1) is 0 Å². The second-order valence-electron chi connectivity index (χ2n) is 8.43. The highest BCUT2D eigenvalue weighted by molar-refractivity contribution is 5.76. The summed E-state index contributed by atoms with van der Waals surface area (Å²) < 4.78 is 0. The third-order valence-electron chi connectivity index (χ3n) is 6.34. The zero-order valence-corrected chi connectivity index (χ0v) is 16.9. The summed E-state index contributed by atoms with van der Waals surface area (Å²) in [7, 11) is 0. The zero-order valence-electron chi connectivity index (χ0n) is 16.9. The molecule has 0 aliphatic heterocycles. The molecule has 0 N–H and O–H groups in total. The van der Waals surface area contributed by atoms with Crippen molar-refractivity contribution >= 4 is 6.01 Å². The fourth-order valence-corrected chi connectivity index (χ4v) is 4.70. The first-order chi connectivity index (χ1) is 13.9. The number of benzene rings is 2. The number of hydrogen-bond donors (Lipinski definition) is 0. The van der Waals surface area contributed by atoms with Gasteiger partial charge in [-0.2, -0.15) is 0 Å². The summed E-state index contributed by atoms with van der Waals surface area (Å²) in [6, 6.07) is 21.4. The largest absolute Gasteiger partial charge is 0.222 e. The Morgan fingerprint density at radius 1 is 0.571 bits per heavy atom. The summed E-state index contributed by atoms with van der Waals surface area (Å²) >= 11 is 0. The maximum Gasteiger partial charge on any atom is 0.0898 e. The molecule has 5 rings (SSSR count). The van der Waals surface area contributed by atoms with Crippen LogP contribution in [0.3, 0.4) is 0 Å². The minimum absolute atomic E-state index is 0.533. The van der Waals surface area contributed by atoms with Gasteiger partial charge in [0.2, 0.25) is 0 Å². The molecule has 28 heavy (non-hydrogen) atoms. The molecule has 2 heteroatoms. The minimum atomic E-state index is 0.533. The van der Waals surface area contributed by atoms with Crippen LogP contribution in [0.4, 0.5) is 0 Å². The maximum absolute atomic E-state index is 4.46. The molecule has 0 amide bonds. The van der Waals surface area contributed by atoms with Gasteiger partial charge in [-0.15, -0.1) is 0 Å². The van der Waals surface area contributed by atoms with Gasteiger partial charge in [0.05, 0.1) is 18.1 Å². The zero-order chi connectivity index (χ0) is 19.0. The molecular weight excluding hydrogens is 340 g/mol. The Kier molecular flexibility index (Phi) is 6.73. The first kappa shape index (κ1) is 19.2. The summed E-state index contributed by atoms with van der Waals surface area (Å²) in [5, 5.41) is 0. The predicted molar refractivity (Wildman–Crippen MR) is 118 cm³/mol. The smallest absolute Gasteiger partial charge is 0.0898 e. The number of hydrogen-bond acceptors (Lipinski definition) is 2. The SMILES string of the molecule is C(=NC1CCCCC1)=NC1CCCCC1.c1ccc2c(c1)Cc1ccccc1-2. The van der Waals surface area contributed by atoms with Crippen molar-refractivity contribution in [3.05, 3.63) is 59.7 Å². The molecule has 0 aromatic heterocycles. The molecule has 0 atom stereocenters. The quantitative estimate of drug-likeness (QED) is 0.429. The van der Waals surface area contributed by atoms with E-state index in [4.69, 9.17) is 0 Å². The van der Waals surface area contributed by atoms with Gasteiger partial charge >= 0.3 is 0 Å². The van der Waals surface area contributed by atoms with Crippen molar-refractivity contribution in [2.24, 2.45) is 9.98 Å². The highest BCUT2D eigenvalue weighted by Crippen LogP contribution is 2.35. The third kappa shape index (κ3) is 5.00. The van der Waals surface area contributed by atoms with E-state index in [9.17, 15) is 0 Å². The Hall–Kier alpha value is -2.18. The molecule has 146 valence electrons. The second-order valence-corrected chi connectivity index (χ2v) is 8.43. The monoisotopic (exact) mass is 372 g/mol. The topological polar surface area (TPSA) is 24.7 Å². The molecule has 3 aliphatic rings. The van der Waals surface area contributed by atoms with Gasteiger partial charge in [0, 0.05) is 0 Å². The van der Waals surface area contributed by atoms with E-state index in [1.165, 1.54) is 86.5 Å². The van der Waals surface area contributed by atoms with Crippen LogP contribution in [0.2, 0.25) is 0 Å². The molecular formula is C26H32N2. The summed E-state index contributed by atoms with van der Waals surface area (Å²) in [5.74, 6) is 0.